The number of hydrogen-bond donors (Lipinski definition) is 1. The first-order valence-electron chi connectivity index (χ1n) is 7.01. The fourth-order valence-corrected chi connectivity index (χ4v) is 2.39. The molecule has 2 aromatic rings. The highest BCUT2D eigenvalue weighted by Gasteiger charge is 2.21. The number of anilines is 1. The van der Waals surface area contributed by atoms with Crippen molar-refractivity contribution in [3.8, 4) is 5.75 Å². The molecule has 0 heterocycles. The maximum atomic E-state index is 13.0. The Balaban J connectivity index is 2.01. The van der Waals surface area contributed by atoms with Crippen LogP contribution in [0.2, 0.25) is 0 Å². The highest BCUT2D eigenvalue weighted by atomic mass is 79.9. The largest absolute Gasteiger partial charge is 0.497 e. The molecule has 0 aliphatic rings. The first-order valence-corrected chi connectivity index (χ1v) is 7.81. The fourth-order valence-electron chi connectivity index (χ4n) is 1.88. The van der Waals surface area contributed by atoms with Crippen molar-refractivity contribution in [2.45, 2.75) is 13.0 Å². The Morgan fingerprint density at radius 1 is 1.21 bits per heavy atom. The molecule has 0 spiro atoms. The van der Waals surface area contributed by atoms with E-state index in [9.17, 15) is 14.0 Å². The minimum absolute atomic E-state index is 0.137. The van der Waals surface area contributed by atoms with Gasteiger partial charge in [-0.15, -0.1) is 0 Å². The van der Waals surface area contributed by atoms with Crippen LogP contribution in [0, 0.1) is 5.82 Å². The maximum absolute atomic E-state index is 13.0. The average molecular weight is 396 g/mol. The van der Waals surface area contributed by atoms with Crippen LogP contribution in [0.25, 0.3) is 0 Å². The molecule has 0 radical (unpaired) electrons. The van der Waals surface area contributed by atoms with Gasteiger partial charge in [0.15, 0.2) is 6.10 Å². The highest BCUT2D eigenvalue weighted by molar-refractivity contribution is 9.10. The molecule has 0 fully saturated rings. The molecule has 7 heteroatoms. The summed E-state index contributed by atoms with van der Waals surface area (Å²) in [5, 5.41) is 2.63. The van der Waals surface area contributed by atoms with Gasteiger partial charge in [0, 0.05) is 16.2 Å². The van der Waals surface area contributed by atoms with Gasteiger partial charge in [-0.05, 0) is 53.2 Å². The van der Waals surface area contributed by atoms with Crippen LogP contribution in [0.4, 0.5) is 10.1 Å². The number of rotatable bonds is 5. The van der Waals surface area contributed by atoms with Gasteiger partial charge in [0.25, 0.3) is 5.91 Å². The van der Waals surface area contributed by atoms with Crippen molar-refractivity contribution in [3.05, 3.63) is 58.3 Å². The zero-order valence-corrected chi connectivity index (χ0v) is 14.6. The first-order chi connectivity index (χ1) is 11.4. The number of methoxy groups -OCH3 is 1. The summed E-state index contributed by atoms with van der Waals surface area (Å²) in [5.74, 6) is -1.11. The lowest BCUT2D eigenvalue weighted by molar-refractivity contribution is -0.123. The zero-order chi connectivity index (χ0) is 17.7. The molecule has 0 aromatic heterocycles. The van der Waals surface area contributed by atoms with E-state index in [-0.39, 0.29) is 10.0 Å². The molecular weight excluding hydrogens is 381 g/mol. The van der Waals surface area contributed by atoms with E-state index in [1.807, 2.05) is 0 Å². The third-order valence-electron chi connectivity index (χ3n) is 3.14. The number of carbonyl (C=O) groups is 2. The van der Waals surface area contributed by atoms with Gasteiger partial charge in [-0.25, -0.2) is 9.18 Å². The van der Waals surface area contributed by atoms with Crippen molar-refractivity contribution in [2.75, 3.05) is 12.4 Å². The summed E-state index contributed by atoms with van der Waals surface area (Å²) in [6.07, 6.45) is -1.03. The van der Waals surface area contributed by atoms with Crippen molar-refractivity contribution in [1.29, 1.82) is 0 Å². The standard InChI is InChI=1S/C17H15BrFNO4/c1-10(16(21)20-12-4-3-5-13(9-12)23-2)24-17(22)14-7-6-11(19)8-15(14)18/h3-10H,1-2H3,(H,20,21)/t10-/m0/s1. The van der Waals surface area contributed by atoms with Crippen LogP contribution in [0.15, 0.2) is 46.9 Å². The second-order valence-corrected chi connectivity index (χ2v) is 5.75. The summed E-state index contributed by atoms with van der Waals surface area (Å²) >= 11 is 3.09. The van der Waals surface area contributed by atoms with E-state index < -0.39 is 23.8 Å². The van der Waals surface area contributed by atoms with Gasteiger partial charge in [0.05, 0.1) is 12.7 Å². The Morgan fingerprint density at radius 2 is 1.96 bits per heavy atom. The summed E-state index contributed by atoms with van der Waals surface area (Å²) in [6, 6.07) is 10.4. The number of esters is 1. The van der Waals surface area contributed by atoms with Crippen LogP contribution in [0.1, 0.15) is 17.3 Å². The SMILES string of the molecule is COc1cccc(NC(=O)[C@H](C)OC(=O)c2ccc(F)cc2Br)c1. The molecule has 1 amide bonds. The number of hydrogen-bond acceptors (Lipinski definition) is 4. The molecule has 0 unspecified atom stereocenters. The molecular formula is C17H15BrFNO4. The Labute approximate surface area is 146 Å². The van der Waals surface area contributed by atoms with E-state index in [1.54, 1.807) is 24.3 Å². The second-order valence-electron chi connectivity index (χ2n) is 4.89. The normalized spacial score (nSPS) is 11.5. The zero-order valence-electron chi connectivity index (χ0n) is 13.0. The van der Waals surface area contributed by atoms with E-state index in [2.05, 4.69) is 21.2 Å². The summed E-state index contributed by atoms with van der Waals surface area (Å²) in [6.45, 7) is 1.45. The number of nitrogens with one attached hydrogen (secondary N) is 1. The van der Waals surface area contributed by atoms with Crippen molar-refractivity contribution >= 4 is 33.5 Å². The fraction of sp³-hybridized carbons (Fsp3) is 0.176. The lowest BCUT2D eigenvalue weighted by atomic mass is 10.2. The number of halogens is 2. The summed E-state index contributed by atoms with van der Waals surface area (Å²) in [7, 11) is 1.52. The maximum Gasteiger partial charge on any atom is 0.340 e. The molecule has 2 aromatic carbocycles. The molecule has 1 atom stereocenters. The van der Waals surface area contributed by atoms with Crippen molar-refractivity contribution < 1.29 is 23.5 Å². The molecule has 126 valence electrons. The Bertz CT molecular complexity index is 766. The van der Waals surface area contributed by atoms with Crippen LogP contribution < -0.4 is 10.1 Å². The number of amides is 1. The smallest absolute Gasteiger partial charge is 0.340 e. The van der Waals surface area contributed by atoms with Crippen molar-refractivity contribution in [3.63, 3.8) is 0 Å². The predicted molar refractivity (Wildman–Crippen MR) is 90.6 cm³/mol. The van der Waals surface area contributed by atoms with Gasteiger partial charge in [-0.2, -0.15) is 0 Å². The van der Waals surface area contributed by atoms with Crippen LogP contribution in [-0.2, 0) is 9.53 Å². The molecule has 0 saturated heterocycles. The molecule has 2 rings (SSSR count). The quantitative estimate of drug-likeness (QED) is 0.782. The monoisotopic (exact) mass is 395 g/mol. The summed E-state index contributed by atoms with van der Waals surface area (Å²) in [4.78, 5) is 24.2. The van der Waals surface area contributed by atoms with E-state index in [0.29, 0.717) is 11.4 Å². The molecule has 0 aliphatic heterocycles. The van der Waals surface area contributed by atoms with Crippen LogP contribution >= 0.6 is 15.9 Å². The minimum atomic E-state index is -1.03. The Kier molecular flexibility index (Phi) is 5.92. The summed E-state index contributed by atoms with van der Waals surface area (Å²) in [5.41, 5.74) is 0.655. The van der Waals surface area contributed by atoms with Gasteiger partial charge >= 0.3 is 5.97 Å². The minimum Gasteiger partial charge on any atom is -0.497 e. The number of benzene rings is 2. The lowest BCUT2D eigenvalue weighted by Gasteiger charge is -2.14. The third-order valence-corrected chi connectivity index (χ3v) is 3.80. The second kappa shape index (κ2) is 7.92. The molecule has 5 nitrogen and oxygen atoms in total. The molecule has 24 heavy (non-hydrogen) atoms. The van der Waals surface area contributed by atoms with Crippen LogP contribution in [-0.4, -0.2) is 25.1 Å². The van der Waals surface area contributed by atoms with Crippen LogP contribution in [0.3, 0.4) is 0 Å². The van der Waals surface area contributed by atoms with E-state index in [4.69, 9.17) is 9.47 Å². The van der Waals surface area contributed by atoms with E-state index in [1.165, 1.54) is 20.1 Å². The summed E-state index contributed by atoms with van der Waals surface area (Å²) < 4.78 is 23.5. The van der Waals surface area contributed by atoms with Gasteiger partial charge in [0.2, 0.25) is 0 Å². The Morgan fingerprint density at radius 3 is 2.62 bits per heavy atom. The Hall–Kier alpha value is -2.41. The highest BCUT2D eigenvalue weighted by Crippen LogP contribution is 2.20. The molecule has 0 aliphatic carbocycles. The number of ether oxygens (including phenoxy) is 2. The third kappa shape index (κ3) is 4.55. The van der Waals surface area contributed by atoms with Crippen molar-refractivity contribution in [2.24, 2.45) is 0 Å². The number of carbonyl (C=O) groups excluding carboxylic acids is 2. The van der Waals surface area contributed by atoms with Gasteiger partial charge in [-0.3, -0.25) is 4.79 Å². The van der Waals surface area contributed by atoms with Gasteiger partial charge in [-0.1, -0.05) is 6.07 Å². The van der Waals surface area contributed by atoms with Crippen LogP contribution in [0.5, 0.6) is 5.75 Å². The molecule has 1 N–H and O–H groups in total. The van der Waals surface area contributed by atoms with Crippen molar-refractivity contribution in [1.82, 2.24) is 0 Å². The first kappa shape index (κ1) is 17.9. The lowest BCUT2D eigenvalue weighted by Crippen LogP contribution is -2.30. The van der Waals surface area contributed by atoms with Gasteiger partial charge < -0.3 is 14.8 Å². The van der Waals surface area contributed by atoms with Gasteiger partial charge in [0.1, 0.15) is 11.6 Å². The topological polar surface area (TPSA) is 64.6 Å². The molecule has 0 bridgehead atoms. The predicted octanol–water partition coefficient (Wildman–Crippen LogP) is 3.78. The van der Waals surface area contributed by atoms with E-state index in [0.717, 1.165) is 12.1 Å². The average Bonchev–Trinajstić information content (AvgIpc) is 2.54. The molecule has 0 saturated carbocycles. The van der Waals surface area contributed by atoms with E-state index >= 15 is 0 Å².